The molecule has 1 aromatic carbocycles. The van der Waals surface area contributed by atoms with E-state index in [9.17, 15) is 9.00 Å². The average Bonchev–Trinajstić information content (AvgIpc) is 2.88. The molecule has 4 heteroatoms. The number of hydrogen-bond donors (Lipinski definition) is 0. The van der Waals surface area contributed by atoms with Crippen LogP contribution in [0.1, 0.15) is 91.4 Å². The third kappa shape index (κ3) is 10.2. The van der Waals surface area contributed by atoms with Crippen molar-refractivity contribution in [3.05, 3.63) is 90.0 Å². The second kappa shape index (κ2) is 17.9. The number of hydrogen-bond acceptors (Lipinski definition) is 3. The first-order chi connectivity index (χ1) is 16.4. The van der Waals surface area contributed by atoms with Crippen molar-refractivity contribution in [1.29, 1.82) is 0 Å². The van der Waals surface area contributed by atoms with Gasteiger partial charge in [-0.1, -0.05) is 77.1 Å². The van der Waals surface area contributed by atoms with E-state index in [1.165, 1.54) is 11.1 Å². The quantitative estimate of drug-likeness (QED) is 0.310. The van der Waals surface area contributed by atoms with Crippen LogP contribution in [0, 0.1) is 0 Å². The third-order valence-electron chi connectivity index (χ3n) is 5.24. The summed E-state index contributed by atoms with van der Waals surface area (Å²) in [5.74, 6) is 0.0427. The fraction of sp³-hybridized carbons (Fsp3) is 0.433. The molecule has 34 heavy (non-hydrogen) atoms. The number of nitrogens with zero attached hydrogens (tertiary/aromatic N) is 1. The van der Waals surface area contributed by atoms with Crippen LogP contribution in [-0.4, -0.2) is 20.1 Å². The summed E-state index contributed by atoms with van der Waals surface area (Å²) in [6, 6.07) is 7.15. The van der Waals surface area contributed by atoms with E-state index in [4.69, 9.17) is 0 Å². The van der Waals surface area contributed by atoms with Gasteiger partial charge in [0.15, 0.2) is 5.78 Å². The van der Waals surface area contributed by atoms with Crippen LogP contribution < -0.4 is 0 Å². The van der Waals surface area contributed by atoms with Gasteiger partial charge in [0.1, 0.15) is 0 Å². The molecule has 0 amide bonds. The first-order valence-corrected chi connectivity index (χ1v) is 13.8. The lowest BCUT2D eigenvalue weighted by molar-refractivity contribution is 0.101. The minimum atomic E-state index is -1.00. The summed E-state index contributed by atoms with van der Waals surface area (Å²) in [6.07, 6.45) is 16.7. The number of ketones is 1. The van der Waals surface area contributed by atoms with Crippen LogP contribution in [-0.2, 0) is 10.8 Å². The van der Waals surface area contributed by atoms with E-state index in [0.717, 1.165) is 36.3 Å². The molecule has 188 valence electrons. The van der Waals surface area contributed by atoms with Gasteiger partial charge in [0.05, 0.1) is 16.0 Å². The molecule has 2 aliphatic rings. The van der Waals surface area contributed by atoms with E-state index in [2.05, 4.69) is 38.8 Å². The maximum absolute atomic E-state index is 12.5. The van der Waals surface area contributed by atoms with Gasteiger partial charge in [0.25, 0.3) is 0 Å². The summed E-state index contributed by atoms with van der Waals surface area (Å²) in [5.41, 5.74) is 4.26. The third-order valence-corrected chi connectivity index (χ3v) is 7.10. The summed E-state index contributed by atoms with van der Waals surface area (Å²) >= 11 is 0. The number of rotatable bonds is 5. The van der Waals surface area contributed by atoms with Crippen molar-refractivity contribution in [3.63, 3.8) is 0 Å². The molecule has 3 rings (SSSR count). The average molecular weight is 484 g/mol. The molecule has 1 aliphatic heterocycles. The molecule has 1 aliphatic carbocycles. The molecule has 0 saturated heterocycles. The standard InChI is InChI=1S/C15H18O2S.C11H15N.2C2H6/c1-11-5-3-4-6-15(11)18(17)14-9-7-13(8-10-14)12(2)16;1-4-8-12-9-11(5-2)7-6-10(12)3;2*1-2/h5,7-10,15H,3-4,6H2,1-2H3;4,6-9H,3,5H2,1-2H3;2*1-2H3/b;8-4-;;. The van der Waals surface area contributed by atoms with Gasteiger partial charge in [0.2, 0.25) is 0 Å². The molecular weight excluding hydrogens is 438 g/mol. The van der Waals surface area contributed by atoms with Gasteiger partial charge in [0, 0.05) is 28.6 Å². The largest absolute Gasteiger partial charge is 0.325 e. The summed E-state index contributed by atoms with van der Waals surface area (Å²) in [6.45, 7) is 19.7. The second-order valence-electron chi connectivity index (χ2n) is 7.52. The van der Waals surface area contributed by atoms with Crippen molar-refractivity contribution in [2.75, 3.05) is 0 Å². The fourth-order valence-electron chi connectivity index (χ4n) is 3.36. The highest BCUT2D eigenvalue weighted by Gasteiger charge is 2.22. The van der Waals surface area contributed by atoms with Crippen LogP contribution in [0.5, 0.6) is 0 Å². The molecule has 0 N–H and O–H groups in total. The van der Waals surface area contributed by atoms with E-state index in [0.29, 0.717) is 5.56 Å². The van der Waals surface area contributed by atoms with Crippen molar-refractivity contribution >= 4 is 16.6 Å². The van der Waals surface area contributed by atoms with Gasteiger partial charge < -0.3 is 4.90 Å². The molecule has 0 fully saturated rings. The van der Waals surface area contributed by atoms with Crippen LogP contribution in [0.4, 0.5) is 0 Å². The molecular formula is C30H45NO2S. The van der Waals surface area contributed by atoms with Crippen molar-refractivity contribution in [3.8, 4) is 0 Å². The minimum absolute atomic E-state index is 0.0427. The molecule has 2 unspecified atom stereocenters. The second-order valence-corrected chi connectivity index (χ2v) is 9.15. The monoisotopic (exact) mass is 483 g/mol. The van der Waals surface area contributed by atoms with E-state index < -0.39 is 10.8 Å². The van der Waals surface area contributed by atoms with Crippen molar-refractivity contribution in [2.45, 2.75) is 91.2 Å². The molecule has 3 nitrogen and oxygen atoms in total. The number of Topliss-reactive ketones (excluding diaryl/α,β-unsaturated/α-hetero) is 1. The Kier molecular flexibility index (Phi) is 16.6. The fourth-order valence-corrected chi connectivity index (χ4v) is 4.91. The zero-order valence-electron chi connectivity index (χ0n) is 22.6. The van der Waals surface area contributed by atoms with Gasteiger partial charge in [-0.2, -0.15) is 0 Å². The lowest BCUT2D eigenvalue weighted by Crippen LogP contribution is -2.19. The van der Waals surface area contributed by atoms with Gasteiger partial charge in [-0.3, -0.25) is 9.00 Å². The SMILES string of the molecule is C=C1C=CC(CC)=CN1/C=C\C.CC.CC.CC(=O)c1ccc(S(=O)C2CCCC=C2C)cc1. The number of benzene rings is 1. The van der Waals surface area contributed by atoms with Crippen LogP contribution in [0.15, 0.2) is 89.3 Å². The van der Waals surface area contributed by atoms with Gasteiger partial charge in [-0.15, -0.1) is 0 Å². The lowest BCUT2D eigenvalue weighted by atomic mass is 10.0. The Morgan fingerprint density at radius 2 is 1.76 bits per heavy atom. The highest BCUT2D eigenvalue weighted by Crippen LogP contribution is 2.26. The predicted molar refractivity (Wildman–Crippen MR) is 150 cm³/mol. The normalized spacial score (nSPS) is 17.7. The molecule has 1 aromatic rings. The van der Waals surface area contributed by atoms with Crippen LogP contribution >= 0.6 is 0 Å². The highest BCUT2D eigenvalue weighted by atomic mass is 32.2. The first-order valence-electron chi connectivity index (χ1n) is 12.5. The van der Waals surface area contributed by atoms with Gasteiger partial charge in [-0.25, -0.2) is 0 Å². The summed E-state index contributed by atoms with van der Waals surface area (Å²) in [7, 11) is -1.00. The Labute approximate surface area is 211 Å². The molecule has 2 atom stereocenters. The van der Waals surface area contributed by atoms with Gasteiger partial charge in [-0.05, 0) is 70.2 Å². The summed E-state index contributed by atoms with van der Waals surface area (Å²) < 4.78 is 12.5. The summed E-state index contributed by atoms with van der Waals surface area (Å²) in [4.78, 5) is 14.1. The van der Waals surface area contributed by atoms with E-state index in [1.54, 1.807) is 19.1 Å². The molecule has 0 spiro atoms. The maximum atomic E-state index is 12.5. The van der Waals surface area contributed by atoms with E-state index >= 15 is 0 Å². The van der Waals surface area contributed by atoms with Crippen molar-refractivity contribution < 1.29 is 9.00 Å². The molecule has 0 bridgehead atoms. The molecule has 0 radical (unpaired) electrons. The molecule has 1 heterocycles. The lowest BCUT2D eigenvalue weighted by Gasteiger charge is -2.21. The zero-order valence-corrected chi connectivity index (χ0v) is 23.4. The number of carbonyl (C=O) groups excluding carboxylic acids is 1. The Hall–Kier alpha value is -2.46. The minimum Gasteiger partial charge on any atom is -0.325 e. The van der Waals surface area contributed by atoms with Crippen molar-refractivity contribution in [1.82, 2.24) is 4.90 Å². The van der Waals surface area contributed by atoms with E-state index in [-0.39, 0.29) is 11.0 Å². The Morgan fingerprint density at radius 1 is 1.15 bits per heavy atom. The van der Waals surface area contributed by atoms with Crippen LogP contribution in [0.25, 0.3) is 0 Å². The topological polar surface area (TPSA) is 37.4 Å². The Morgan fingerprint density at radius 3 is 2.26 bits per heavy atom. The number of carbonyl (C=O) groups is 1. The van der Waals surface area contributed by atoms with Crippen LogP contribution in [0.2, 0.25) is 0 Å². The van der Waals surface area contributed by atoms with Gasteiger partial charge >= 0.3 is 0 Å². The summed E-state index contributed by atoms with van der Waals surface area (Å²) in [5, 5.41) is 0.141. The maximum Gasteiger partial charge on any atom is 0.159 e. The Bertz CT molecular complexity index is 904. The molecule has 0 saturated carbocycles. The van der Waals surface area contributed by atoms with E-state index in [1.807, 2.05) is 70.0 Å². The van der Waals surface area contributed by atoms with Crippen LogP contribution in [0.3, 0.4) is 0 Å². The first kappa shape index (κ1) is 31.5. The highest BCUT2D eigenvalue weighted by molar-refractivity contribution is 7.86. The predicted octanol–water partition coefficient (Wildman–Crippen LogP) is 8.75. The van der Waals surface area contributed by atoms with Crippen molar-refractivity contribution in [2.24, 2.45) is 0 Å². The molecule has 0 aromatic heterocycles. The zero-order chi connectivity index (χ0) is 26.1. The number of allylic oxidation sites excluding steroid dienone is 5. The smallest absolute Gasteiger partial charge is 0.159 e. The Balaban J connectivity index is 0.000000592.